The Labute approximate surface area is 165 Å². The van der Waals surface area contributed by atoms with Gasteiger partial charge in [0.1, 0.15) is 5.92 Å². The number of ketones is 1. The highest BCUT2D eigenvalue weighted by molar-refractivity contribution is 6.11. The van der Waals surface area contributed by atoms with E-state index in [9.17, 15) is 29.6 Å². The van der Waals surface area contributed by atoms with Gasteiger partial charge in [-0.25, -0.2) is 0 Å². The predicted molar refractivity (Wildman–Crippen MR) is 98.1 cm³/mol. The molecule has 1 aromatic carbocycles. The monoisotopic (exact) mass is 404 g/mol. The van der Waals surface area contributed by atoms with E-state index in [1.807, 2.05) is 0 Å². The topological polar surface area (TPSA) is 145 Å². The molecule has 10 heteroatoms. The van der Waals surface area contributed by atoms with Crippen LogP contribution in [0.4, 0.5) is 5.69 Å². The molecule has 1 aromatic rings. The summed E-state index contributed by atoms with van der Waals surface area (Å²) in [6, 6.07) is 2.47. The van der Waals surface area contributed by atoms with E-state index < -0.39 is 39.9 Å². The molecule has 1 amide bonds. The first kappa shape index (κ1) is 20.3. The number of benzene rings is 1. The number of carbonyl (C=O) groups is 3. The molecular weight excluding hydrogens is 384 g/mol. The van der Waals surface area contributed by atoms with Crippen molar-refractivity contribution in [2.45, 2.75) is 25.7 Å². The third-order valence-corrected chi connectivity index (χ3v) is 5.35. The number of nitrogens with zero attached hydrogens (tertiary/aromatic N) is 1. The zero-order chi connectivity index (χ0) is 21.5. The van der Waals surface area contributed by atoms with E-state index in [4.69, 9.17) is 9.47 Å². The zero-order valence-corrected chi connectivity index (χ0v) is 16.1. The van der Waals surface area contributed by atoms with E-state index in [-0.39, 0.29) is 41.6 Å². The van der Waals surface area contributed by atoms with Gasteiger partial charge in [-0.15, -0.1) is 0 Å². The molecule has 3 rings (SSSR count). The van der Waals surface area contributed by atoms with Crippen LogP contribution in [-0.2, 0) is 19.1 Å². The number of hydrogen-bond donors (Lipinski definition) is 2. The van der Waals surface area contributed by atoms with Crippen LogP contribution in [0.15, 0.2) is 23.4 Å². The number of phenols is 1. The van der Waals surface area contributed by atoms with Crippen molar-refractivity contribution in [3.05, 3.63) is 39.1 Å². The summed E-state index contributed by atoms with van der Waals surface area (Å²) in [6.45, 7) is 1.72. The molecular formula is C19H20N2O8. The van der Waals surface area contributed by atoms with E-state index in [0.29, 0.717) is 5.70 Å². The minimum Gasteiger partial charge on any atom is -0.500 e. The Kier molecular flexibility index (Phi) is 5.27. The van der Waals surface area contributed by atoms with Crippen molar-refractivity contribution < 1.29 is 33.9 Å². The Morgan fingerprint density at radius 2 is 1.97 bits per heavy atom. The highest BCUT2D eigenvalue weighted by Gasteiger charge is 2.46. The molecule has 3 atom stereocenters. The second-order valence-electron chi connectivity index (χ2n) is 7.09. The third-order valence-electron chi connectivity index (χ3n) is 5.35. The number of ether oxygens (including phenoxy) is 2. The van der Waals surface area contributed by atoms with E-state index in [1.165, 1.54) is 20.3 Å². The fourth-order valence-corrected chi connectivity index (χ4v) is 3.99. The number of Topliss-reactive ketones (excluding diaryl/α,β-unsaturated/α-hetero) is 1. The molecule has 0 fully saturated rings. The summed E-state index contributed by atoms with van der Waals surface area (Å²) in [5.41, 5.74) is 0.285. The molecule has 0 radical (unpaired) electrons. The van der Waals surface area contributed by atoms with Gasteiger partial charge in [-0.1, -0.05) is 6.92 Å². The van der Waals surface area contributed by atoms with Crippen molar-refractivity contribution in [1.29, 1.82) is 0 Å². The Morgan fingerprint density at radius 3 is 2.55 bits per heavy atom. The summed E-state index contributed by atoms with van der Waals surface area (Å²) in [4.78, 5) is 48.2. The molecule has 0 spiro atoms. The number of allylic oxidation sites excluding steroid dienone is 2. The fraction of sp³-hybridized carbons (Fsp3) is 0.421. The maximum atomic E-state index is 13.2. The van der Waals surface area contributed by atoms with E-state index in [0.717, 1.165) is 6.07 Å². The zero-order valence-electron chi connectivity index (χ0n) is 16.1. The molecule has 0 bridgehead atoms. The normalized spacial score (nSPS) is 23.9. The van der Waals surface area contributed by atoms with Gasteiger partial charge in [0.2, 0.25) is 11.7 Å². The standard InChI is InChI=1S/C19H20N2O8/c1-8-4-11-16(18(24)15(8)19(25)29-3)10(7-14(22)20-11)9-5-12(21(26)27)17(23)13(6-9)28-2/h5-6,8,10,15,23H,4,7H2,1-3H3,(H,20,22)/t8-,10+,15+/m0/s1. The van der Waals surface area contributed by atoms with Gasteiger partial charge < -0.3 is 19.9 Å². The lowest BCUT2D eigenvalue weighted by Gasteiger charge is -2.36. The molecule has 1 aliphatic carbocycles. The second-order valence-corrected chi connectivity index (χ2v) is 7.09. The van der Waals surface area contributed by atoms with Crippen molar-refractivity contribution >= 4 is 23.3 Å². The van der Waals surface area contributed by atoms with Gasteiger partial charge in [-0.3, -0.25) is 24.5 Å². The first-order valence-electron chi connectivity index (χ1n) is 8.89. The maximum absolute atomic E-state index is 13.2. The Balaban J connectivity index is 2.17. The summed E-state index contributed by atoms with van der Waals surface area (Å²) in [5.74, 6) is -4.51. The van der Waals surface area contributed by atoms with Crippen LogP contribution in [0, 0.1) is 22.0 Å². The van der Waals surface area contributed by atoms with Crippen molar-refractivity contribution in [2.75, 3.05) is 14.2 Å². The van der Waals surface area contributed by atoms with Crippen LogP contribution < -0.4 is 10.1 Å². The third kappa shape index (κ3) is 3.41. The molecule has 0 unspecified atom stereocenters. The fourth-order valence-electron chi connectivity index (χ4n) is 3.99. The molecule has 0 saturated heterocycles. The quantitative estimate of drug-likeness (QED) is 0.333. The van der Waals surface area contributed by atoms with Crippen LogP contribution in [0.25, 0.3) is 0 Å². The van der Waals surface area contributed by atoms with Crippen LogP contribution in [0.3, 0.4) is 0 Å². The SMILES string of the molecule is COC(=O)[C@H]1C(=O)C2=C(C[C@@H]1C)NC(=O)C[C@@H]2c1cc(OC)c(O)c([N+](=O)[O-])c1. The summed E-state index contributed by atoms with van der Waals surface area (Å²) >= 11 is 0. The number of phenolic OH excluding ortho intramolecular Hbond substituents is 1. The molecule has 29 heavy (non-hydrogen) atoms. The number of nitro groups is 1. The minimum atomic E-state index is -1.02. The molecule has 154 valence electrons. The number of hydrogen-bond acceptors (Lipinski definition) is 8. The Hall–Kier alpha value is -3.43. The number of nitro benzene ring substituents is 1. The van der Waals surface area contributed by atoms with E-state index in [2.05, 4.69) is 5.32 Å². The average Bonchev–Trinajstić information content (AvgIpc) is 2.66. The highest BCUT2D eigenvalue weighted by Crippen LogP contribution is 2.46. The molecule has 1 heterocycles. The van der Waals surface area contributed by atoms with Gasteiger partial charge in [-0.2, -0.15) is 0 Å². The molecule has 0 aromatic heterocycles. The number of amides is 1. The number of esters is 1. The van der Waals surface area contributed by atoms with Crippen molar-refractivity contribution in [3.8, 4) is 11.5 Å². The first-order chi connectivity index (χ1) is 13.7. The van der Waals surface area contributed by atoms with Crippen molar-refractivity contribution in [1.82, 2.24) is 5.32 Å². The first-order valence-corrected chi connectivity index (χ1v) is 8.89. The largest absolute Gasteiger partial charge is 0.500 e. The molecule has 1 aliphatic heterocycles. The highest BCUT2D eigenvalue weighted by atomic mass is 16.6. The van der Waals surface area contributed by atoms with Crippen molar-refractivity contribution in [2.24, 2.45) is 11.8 Å². The number of methoxy groups -OCH3 is 2. The van der Waals surface area contributed by atoms with Gasteiger partial charge in [0, 0.05) is 29.7 Å². The number of rotatable bonds is 4. The maximum Gasteiger partial charge on any atom is 0.316 e. The minimum absolute atomic E-state index is 0.141. The summed E-state index contributed by atoms with van der Waals surface area (Å²) in [6.07, 6.45) is 0.137. The Bertz CT molecular complexity index is 952. The smallest absolute Gasteiger partial charge is 0.316 e. The van der Waals surface area contributed by atoms with Gasteiger partial charge in [0.15, 0.2) is 11.5 Å². The van der Waals surface area contributed by atoms with Crippen LogP contribution in [-0.4, -0.2) is 41.9 Å². The van der Waals surface area contributed by atoms with E-state index in [1.54, 1.807) is 6.92 Å². The van der Waals surface area contributed by atoms with Crippen molar-refractivity contribution in [3.63, 3.8) is 0 Å². The van der Waals surface area contributed by atoms with Crippen LogP contribution in [0.1, 0.15) is 31.2 Å². The number of aromatic hydroxyl groups is 1. The number of nitrogens with one attached hydrogen (secondary N) is 1. The Morgan fingerprint density at radius 1 is 1.28 bits per heavy atom. The summed E-state index contributed by atoms with van der Waals surface area (Å²) < 4.78 is 9.78. The van der Waals surface area contributed by atoms with Crippen LogP contribution >= 0.6 is 0 Å². The van der Waals surface area contributed by atoms with Gasteiger partial charge in [0.25, 0.3) is 0 Å². The molecule has 2 N–H and O–H groups in total. The van der Waals surface area contributed by atoms with Crippen LogP contribution in [0.5, 0.6) is 11.5 Å². The van der Waals surface area contributed by atoms with Gasteiger partial charge >= 0.3 is 11.7 Å². The van der Waals surface area contributed by atoms with Gasteiger partial charge in [-0.05, 0) is 24.0 Å². The average molecular weight is 404 g/mol. The summed E-state index contributed by atoms with van der Waals surface area (Å²) in [7, 11) is 2.43. The molecule has 2 aliphatic rings. The molecule has 10 nitrogen and oxygen atoms in total. The number of carbonyl (C=O) groups excluding carboxylic acids is 3. The van der Waals surface area contributed by atoms with Crippen LogP contribution in [0.2, 0.25) is 0 Å². The lowest BCUT2D eigenvalue weighted by molar-refractivity contribution is -0.386. The second kappa shape index (κ2) is 7.53. The summed E-state index contributed by atoms with van der Waals surface area (Å²) in [5, 5.41) is 24.0. The lowest BCUT2D eigenvalue weighted by Crippen LogP contribution is -2.44. The van der Waals surface area contributed by atoms with E-state index >= 15 is 0 Å². The molecule has 0 saturated carbocycles. The predicted octanol–water partition coefficient (Wildman–Crippen LogP) is 1.56. The lowest BCUT2D eigenvalue weighted by atomic mass is 9.70. The van der Waals surface area contributed by atoms with Gasteiger partial charge in [0.05, 0.1) is 19.1 Å².